The van der Waals surface area contributed by atoms with Gasteiger partial charge in [-0.3, -0.25) is 10.1 Å². The maximum atomic E-state index is 12.1. The van der Waals surface area contributed by atoms with Gasteiger partial charge in [0.05, 0.1) is 0 Å². The van der Waals surface area contributed by atoms with Crippen LogP contribution in [0.3, 0.4) is 0 Å². The molecule has 0 saturated heterocycles. The molecule has 0 bridgehead atoms. The van der Waals surface area contributed by atoms with E-state index in [0.717, 1.165) is 17.0 Å². The number of nitrogens with zero attached hydrogens (tertiary/aromatic N) is 4. The molecule has 1 aliphatic rings. The lowest BCUT2D eigenvalue weighted by atomic mass is 10.2. The summed E-state index contributed by atoms with van der Waals surface area (Å²) in [5.41, 5.74) is 3.47. The van der Waals surface area contributed by atoms with Crippen LogP contribution < -0.4 is 20.1 Å². The third-order valence-electron chi connectivity index (χ3n) is 4.85. The molecular weight excluding hydrogens is 420 g/mol. The molecule has 162 valence electrons. The highest BCUT2D eigenvalue weighted by Crippen LogP contribution is 2.32. The third-order valence-corrected chi connectivity index (χ3v) is 5.69. The van der Waals surface area contributed by atoms with E-state index >= 15 is 0 Å². The molecule has 0 aliphatic carbocycles. The van der Waals surface area contributed by atoms with E-state index in [1.54, 1.807) is 22.7 Å². The van der Waals surface area contributed by atoms with Gasteiger partial charge in [-0.2, -0.15) is 4.98 Å². The number of hydrogen-bond acceptors (Lipinski definition) is 8. The molecule has 0 atom stereocenters. The number of anilines is 1. The molecule has 11 heteroatoms. The predicted octanol–water partition coefficient (Wildman–Crippen LogP) is 2.65. The number of aryl methyl sites for hydroxylation is 2. The number of nitrogens with one attached hydrogen (secondary N) is 2. The molecule has 3 heterocycles. The predicted molar refractivity (Wildman–Crippen MR) is 115 cm³/mol. The van der Waals surface area contributed by atoms with Crippen LogP contribution in [0.2, 0.25) is 0 Å². The van der Waals surface area contributed by atoms with Gasteiger partial charge in [0.15, 0.2) is 11.5 Å². The summed E-state index contributed by atoms with van der Waals surface area (Å²) in [4.78, 5) is 33.0. The average Bonchev–Trinajstić information content (AvgIpc) is 3.14. The number of hydrogen-bond donors (Lipinski definition) is 2. The summed E-state index contributed by atoms with van der Waals surface area (Å²) in [6, 6.07) is 4.44. The number of aromatic nitrogens is 4. The summed E-state index contributed by atoms with van der Waals surface area (Å²) < 4.78 is 12.6. The largest absolute Gasteiger partial charge is 0.486 e. The van der Waals surface area contributed by atoms with Gasteiger partial charge >= 0.3 is 6.03 Å². The van der Waals surface area contributed by atoms with E-state index in [-0.39, 0.29) is 6.42 Å². The zero-order valence-corrected chi connectivity index (χ0v) is 18.2. The molecule has 2 aromatic heterocycles. The highest BCUT2D eigenvalue weighted by atomic mass is 32.2. The molecule has 0 fully saturated rings. The maximum Gasteiger partial charge on any atom is 0.325 e. The minimum absolute atomic E-state index is 0.138. The first-order valence-electron chi connectivity index (χ1n) is 9.74. The first-order valence-corrected chi connectivity index (χ1v) is 10.7. The Bertz CT molecular complexity index is 1160. The number of rotatable bonds is 5. The van der Waals surface area contributed by atoms with Crippen LogP contribution in [-0.4, -0.2) is 50.5 Å². The summed E-state index contributed by atoms with van der Waals surface area (Å²) in [6.07, 6.45) is 0.138. The van der Waals surface area contributed by atoms with Crippen LogP contribution in [0.4, 0.5) is 10.5 Å². The van der Waals surface area contributed by atoms with Gasteiger partial charge in [-0.1, -0.05) is 11.8 Å². The van der Waals surface area contributed by atoms with Crippen molar-refractivity contribution in [3.63, 3.8) is 0 Å². The Balaban J connectivity index is 1.27. The van der Waals surface area contributed by atoms with E-state index in [1.807, 2.05) is 20.8 Å². The molecule has 3 amide bonds. The quantitative estimate of drug-likeness (QED) is 0.579. The lowest BCUT2D eigenvalue weighted by molar-refractivity contribution is -0.119. The first kappa shape index (κ1) is 20.9. The number of imide groups is 1. The Morgan fingerprint density at radius 1 is 1.13 bits per heavy atom. The van der Waals surface area contributed by atoms with E-state index in [9.17, 15) is 9.59 Å². The van der Waals surface area contributed by atoms with Crippen molar-refractivity contribution in [2.75, 3.05) is 24.3 Å². The fourth-order valence-electron chi connectivity index (χ4n) is 3.01. The number of fused-ring (bicyclic) bond motifs is 2. The summed E-state index contributed by atoms with van der Waals surface area (Å²) in [5, 5.41) is 9.90. The number of urea groups is 1. The number of ether oxygens (including phenoxy) is 2. The molecule has 1 aromatic carbocycles. The summed E-state index contributed by atoms with van der Waals surface area (Å²) >= 11 is 1.34. The second-order valence-electron chi connectivity index (χ2n) is 6.97. The monoisotopic (exact) mass is 442 g/mol. The molecular formula is C20H22N6O4S. The van der Waals surface area contributed by atoms with Crippen LogP contribution in [0.5, 0.6) is 11.5 Å². The molecule has 0 saturated carbocycles. The van der Waals surface area contributed by atoms with Crippen LogP contribution in [-0.2, 0) is 4.79 Å². The van der Waals surface area contributed by atoms with Crippen molar-refractivity contribution in [1.82, 2.24) is 24.9 Å². The Hall–Kier alpha value is -3.34. The van der Waals surface area contributed by atoms with Gasteiger partial charge in [-0.25, -0.2) is 14.3 Å². The van der Waals surface area contributed by atoms with Crippen molar-refractivity contribution in [2.24, 2.45) is 0 Å². The fourth-order valence-corrected chi connectivity index (χ4v) is 3.76. The zero-order chi connectivity index (χ0) is 22.0. The number of carbonyl (C=O) groups excluding carboxylic acids is 2. The van der Waals surface area contributed by atoms with Gasteiger partial charge in [0, 0.05) is 35.3 Å². The molecule has 0 radical (unpaired) electrons. The van der Waals surface area contributed by atoms with Gasteiger partial charge in [-0.15, -0.1) is 5.10 Å². The van der Waals surface area contributed by atoms with Crippen molar-refractivity contribution in [1.29, 1.82) is 0 Å². The second-order valence-corrected chi connectivity index (χ2v) is 8.04. The Morgan fingerprint density at radius 2 is 1.90 bits per heavy atom. The van der Waals surface area contributed by atoms with Crippen molar-refractivity contribution in [3.8, 4) is 11.5 Å². The van der Waals surface area contributed by atoms with Crippen LogP contribution >= 0.6 is 11.8 Å². The van der Waals surface area contributed by atoms with Gasteiger partial charge in [0.1, 0.15) is 13.2 Å². The van der Waals surface area contributed by atoms with E-state index in [2.05, 4.69) is 25.7 Å². The van der Waals surface area contributed by atoms with Gasteiger partial charge in [0.25, 0.3) is 5.78 Å². The average molecular weight is 443 g/mol. The Morgan fingerprint density at radius 3 is 2.71 bits per heavy atom. The molecule has 10 nitrogen and oxygen atoms in total. The Kier molecular flexibility index (Phi) is 5.94. The maximum absolute atomic E-state index is 12.1. The topological polar surface area (TPSA) is 120 Å². The number of benzene rings is 1. The summed E-state index contributed by atoms with van der Waals surface area (Å²) in [7, 11) is 0. The standard InChI is InChI=1S/C20H22N6O4S/c1-11-12(2)21-18-24-20(25-26(18)13(11)3)31-9-6-17(27)23-19(28)22-14-4-5-15-16(10-14)30-8-7-29-15/h4-5,10H,6-9H2,1-3H3,(H2,22,23,27,28). The molecule has 0 spiro atoms. The lowest BCUT2D eigenvalue weighted by Gasteiger charge is -2.19. The van der Waals surface area contributed by atoms with Gasteiger partial charge < -0.3 is 14.8 Å². The molecule has 4 rings (SSSR count). The SMILES string of the molecule is Cc1nc2nc(SCCC(=O)NC(=O)Nc3ccc4c(c3)OCCO4)nn2c(C)c1C. The molecule has 31 heavy (non-hydrogen) atoms. The molecule has 1 aliphatic heterocycles. The van der Waals surface area contributed by atoms with Crippen molar-refractivity contribution < 1.29 is 19.1 Å². The smallest absolute Gasteiger partial charge is 0.325 e. The summed E-state index contributed by atoms with van der Waals surface area (Å²) in [5.74, 6) is 1.75. The van der Waals surface area contributed by atoms with Crippen molar-refractivity contribution in [3.05, 3.63) is 35.2 Å². The molecule has 3 aromatic rings. The van der Waals surface area contributed by atoms with E-state index in [4.69, 9.17) is 9.47 Å². The first-order chi connectivity index (χ1) is 14.9. The molecule has 2 N–H and O–H groups in total. The zero-order valence-electron chi connectivity index (χ0n) is 17.4. The highest BCUT2D eigenvalue weighted by Gasteiger charge is 2.15. The van der Waals surface area contributed by atoms with E-state index in [1.165, 1.54) is 11.8 Å². The third kappa shape index (κ3) is 4.71. The summed E-state index contributed by atoms with van der Waals surface area (Å²) in [6.45, 7) is 6.84. The number of carbonyl (C=O) groups is 2. The Labute approximate surface area is 182 Å². The highest BCUT2D eigenvalue weighted by molar-refractivity contribution is 7.99. The van der Waals surface area contributed by atoms with E-state index < -0.39 is 11.9 Å². The molecule has 0 unspecified atom stereocenters. The van der Waals surface area contributed by atoms with Crippen LogP contribution in [0.15, 0.2) is 23.4 Å². The number of thioether (sulfide) groups is 1. The fraction of sp³-hybridized carbons (Fsp3) is 0.350. The minimum atomic E-state index is -0.608. The van der Waals surface area contributed by atoms with Gasteiger partial charge in [0.2, 0.25) is 11.1 Å². The van der Waals surface area contributed by atoms with Crippen LogP contribution in [0.25, 0.3) is 5.78 Å². The van der Waals surface area contributed by atoms with Crippen LogP contribution in [0, 0.1) is 20.8 Å². The number of amides is 3. The lowest BCUT2D eigenvalue weighted by Crippen LogP contribution is -2.34. The minimum Gasteiger partial charge on any atom is -0.486 e. The van der Waals surface area contributed by atoms with E-state index in [0.29, 0.717) is 47.1 Å². The van der Waals surface area contributed by atoms with Crippen molar-refractivity contribution >= 4 is 35.2 Å². The second kappa shape index (κ2) is 8.80. The van der Waals surface area contributed by atoms with Crippen molar-refractivity contribution in [2.45, 2.75) is 32.3 Å². The normalized spacial score (nSPS) is 12.6. The van der Waals surface area contributed by atoms with Crippen LogP contribution in [0.1, 0.15) is 23.4 Å². The van der Waals surface area contributed by atoms with Gasteiger partial charge in [-0.05, 0) is 38.5 Å².